The summed E-state index contributed by atoms with van der Waals surface area (Å²) in [6.07, 6.45) is 1.63. The van der Waals surface area contributed by atoms with Crippen molar-refractivity contribution in [3.05, 3.63) is 65.9 Å². The van der Waals surface area contributed by atoms with E-state index in [1.165, 1.54) is 19.1 Å². The van der Waals surface area contributed by atoms with Gasteiger partial charge in [0.1, 0.15) is 0 Å². The SMILES string of the molecule is C[C@H](OC(=O)CCc1c[nH]c2ccccc12)C(=O)Nc1ccc(C(N)=O)cc1. The average molecular weight is 379 g/mol. The summed E-state index contributed by atoms with van der Waals surface area (Å²) in [6, 6.07) is 14.0. The van der Waals surface area contributed by atoms with Crippen molar-refractivity contribution in [3.63, 3.8) is 0 Å². The molecule has 0 aliphatic heterocycles. The van der Waals surface area contributed by atoms with Gasteiger partial charge in [-0.2, -0.15) is 0 Å². The monoisotopic (exact) mass is 379 g/mol. The van der Waals surface area contributed by atoms with Gasteiger partial charge in [0.25, 0.3) is 5.91 Å². The number of anilines is 1. The number of esters is 1. The van der Waals surface area contributed by atoms with Gasteiger partial charge >= 0.3 is 5.97 Å². The summed E-state index contributed by atoms with van der Waals surface area (Å²) < 4.78 is 5.22. The van der Waals surface area contributed by atoms with Crippen molar-refractivity contribution in [1.82, 2.24) is 4.98 Å². The van der Waals surface area contributed by atoms with Gasteiger partial charge in [-0.3, -0.25) is 14.4 Å². The molecule has 144 valence electrons. The minimum atomic E-state index is -0.939. The van der Waals surface area contributed by atoms with Crippen LogP contribution in [-0.2, 0) is 20.7 Å². The predicted molar refractivity (Wildman–Crippen MR) is 106 cm³/mol. The summed E-state index contributed by atoms with van der Waals surface area (Å²) in [5.74, 6) is -1.44. The van der Waals surface area contributed by atoms with Crippen molar-refractivity contribution < 1.29 is 19.1 Å². The van der Waals surface area contributed by atoms with Crippen LogP contribution in [0.25, 0.3) is 10.9 Å². The van der Waals surface area contributed by atoms with Crippen molar-refractivity contribution in [1.29, 1.82) is 0 Å². The van der Waals surface area contributed by atoms with E-state index in [2.05, 4.69) is 10.3 Å². The number of nitrogens with two attached hydrogens (primary N) is 1. The second kappa shape index (κ2) is 8.39. The van der Waals surface area contributed by atoms with Gasteiger partial charge in [0.15, 0.2) is 6.10 Å². The lowest BCUT2D eigenvalue weighted by Crippen LogP contribution is -2.30. The number of fused-ring (bicyclic) bond motifs is 1. The Morgan fingerprint density at radius 3 is 2.54 bits per heavy atom. The van der Waals surface area contributed by atoms with Gasteiger partial charge in [-0.25, -0.2) is 0 Å². The van der Waals surface area contributed by atoms with Crippen LogP contribution in [0.15, 0.2) is 54.7 Å². The van der Waals surface area contributed by atoms with Crippen LogP contribution in [-0.4, -0.2) is 28.9 Å². The number of primary amides is 1. The fourth-order valence-corrected chi connectivity index (χ4v) is 2.85. The van der Waals surface area contributed by atoms with E-state index in [1.54, 1.807) is 12.1 Å². The van der Waals surface area contributed by atoms with Crippen molar-refractivity contribution in [2.75, 3.05) is 5.32 Å². The third kappa shape index (κ3) is 4.56. The molecule has 7 heteroatoms. The number of carbonyl (C=O) groups is 3. The van der Waals surface area contributed by atoms with E-state index in [-0.39, 0.29) is 6.42 Å². The van der Waals surface area contributed by atoms with E-state index in [0.29, 0.717) is 17.7 Å². The molecular formula is C21H21N3O4. The highest BCUT2D eigenvalue weighted by Gasteiger charge is 2.18. The van der Waals surface area contributed by atoms with Crippen LogP contribution in [0.3, 0.4) is 0 Å². The number of rotatable bonds is 7. The van der Waals surface area contributed by atoms with E-state index in [4.69, 9.17) is 10.5 Å². The van der Waals surface area contributed by atoms with Gasteiger partial charge in [0.05, 0.1) is 0 Å². The summed E-state index contributed by atoms with van der Waals surface area (Å²) in [6.45, 7) is 1.51. The Hall–Kier alpha value is -3.61. The minimum absolute atomic E-state index is 0.173. The first-order chi connectivity index (χ1) is 13.4. The van der Waals surface area contributed by atoms with E-state index in [9.17, 15) is 14.4 Å². The lowest BCUT2D eigenvalue weighted by atomic mass is 10.1. The van der Waals surface area contributed by atoms with Gasteiger partial charge < -0.3 is 20.8 Å². The zero-order valence-corrected chi connectivity index (χ0v) is 15.4. The molecule has 1 atom stereocenters. The Labute approximate surface area is 161 Å². The van der Waals surface area contributed by atoms with Crippen molar-refractivity contribution >= 4 is 34.4 Å². The highest BCUT2D eigenvalue weighted by atomic mass is 16.5. The molecule has 7 nitrogen and oxygen atoms in total. The van der Waals surface area contributed by atoms with Crippen molar-refractivity contribution in [2.45, 2.75) is 25.9 Å². The van der Waals surface area contributed by atoms with Crippen molar-refractivity contribution in [2.24, 2.45) is 5.73 Å². The van der Waals surface area contributed by atoms with Gasteiger partial charge in [-0.05, 0) is 49.2 Å². The first-order valence-corrected chi connectivity index (χ1v) is 8.89. The molecule has 2 aromatic carbocycles. The molecule has 0 saturated carbocycles. The fourth-order valence-electron chi connectivity index (χ4n) is 2.85. The van der Waals surface area contributed by atoms with Crippen LogP contribution >= 0.6 is 0 Å². The maximum Gasteiger partial charge on any atom is 0.306 e. The molecule has 4 N–H and O–H groups in total. The summed E-state index contributed by atoms with van der Waals surface area (Å²) in [7, 11) is 0. The lowest BCUT2D eigenvalue weighted by Gasteiger charge is -2.13. The summed E-state index contributed by atoms with van der Waals surface area (Å²) in [4.78, 5) is 38.5. The zero-order valence-electron chi connectivity index (χ0n) is 15.4. The lowest BCUT2D eigenvalue weighted by molar-refractivity contribution is -0.153. The molecule has 0 fully saturated rings. The number of hydrogen-bond donors (Lipinski definition) is 3. The van der Waals surface area contributed by atoms with E-state index in [1.807, 2.05) is 30.5 Å². The van der Waals surface area contributed by atoms with E-state index >= 15 is 0 Å². The van der Waals surface area contributed by atoms with Crippen LogP contribution in [0.2, 0.25) is 0 Å². The Balaban J connectivity index is 1.50. The maximum atomic E-state index is 12.2. The maximum absolute atomic E-state index is 12.2. The number of para-hydroxylation sites is 1. The first kappa shape index (κ1) is 19.2. The van der Waals surface area contributed by atoms with Crippen LogP contribution in [0.5, 0.6) is 0 Å². The van der Waals surface area contributed by atoms with Crippen LogP contribution in [0.1, 0.15) is 29.3 Å². The molecule has 0 unspecified atom stereocenters. The Kier molecular flexibility index (Phi) is 5.74. The molecule has 3 aromatic rings. The molecule has 1 heterocycles. The molecular weight excluding hydrogens is 358 g/mol. The summed E-state index contributed by atoms with van der Waals surface area (Å²) in [5, 5.41) is 3.70. The number of H-pyrrole nitrogens is 1. The Morgan fingerprint density at radius 1 is 1.11 bits per heavy atom. The first-order valence-electron chi connectivity index (χ1n) is 8.89. The minimum Gasteiger partial charge on any atom is -0.453 e. The number of hydrogen-bond acceptors (Lipinski definition) is 4. The van der Waals surface area contributed by atoms with Crippen LogP contribution in [0.4, 0.5) is 5.69 Å². The largest absolute Gasteiger partial charge is 0.453 e. The van der Waals surface area contributed by atoms with Crippen LogP contribution < -0.4 is 11.1 Å². The normalized spacial score (nSPS) is 11.8. The second-order valence-electron chi connectivity index (χ2n) is 6.42. The number of aromatic nitrogens is 1. The Bertz CT molecular complexity index is 1010. The second-order valence-corrected chi connectivity index (χ2v) is 6.42. The molecule has 28 heavy (non-hydrogen) atoms. The highest BCUT2D eigenvalue weighted by Crippen LogP contribution is 2.19. The highest BCUT2D eigenvalue weighted by molar-refractivity contribution is 5.96. The smallest absolute Gasteiger partial charge is 0.306 e. The molecule has 0 aliphatic rings. The summed E-state index contributed by atoms with van der Waals surface area (Å²) >= 11 is 0. The molecule has 2 amide bonds. The van der Waals surface area contributed by atoms with Gasteiger partial charge in [0.2, 0.25) is 5.91 Å². The number of amides is 2. The Morgan fingerprint density at radius 2 is 1.82 bits per heavy atom. The molecule has 0 spiro atoms. The standard InChI is InChI=1S/C21H21N3O4/c1-13(21(27)24-16-9-6-14(7-10-16)20(22)26)28-19(25)11-8-15-12-23-18-5-3-2-4-17(15)18/h2-7,9-10,12-13,23H,8,11H2,1H3,(H2,22,26)(H,24,27)/t13-/m0/s1. The summed E-state index contributed by atoms with van der Waals surface area (Å²) in [5.41, 5.74) is 8.04. The average Bonchev–Trinajstić information content (AvgIpc) is 3.10. The number of ether oxygens (including phenoxy) is 1. The molecule has 3 rings (SSSR count). The number of benzene rings is 2. The van der Waals surface area contributed by atoms with E-state index in [0.717, 1.165) is 16.5 Å². The molecule has 0 bridgehead atoms. The molecule has 0 aliphatic carbocycles. The number of aromatic amines is 1. The molecule has 0 saturated heterocycles. The van der Waals surface area contributed by atoms with Crippen LogP contribution in [0, 0.1) is 0 Å². The zero-order chi connectivity index (χ0) is 20.1. The number of carbonyl (C=O) groups excluding carboxylic acids is 3. The number of nitrogens with one attached hydrogen (secondary N) is 2. The number of aryl methyl sites for hydroxylation is 1. The fraction of sp³-hybridized carbons (Fsp3) is 0.190. The van der Waals surface area contributed by atoms with E-state index < -0.39 is 23.9 Å². The topological polar surface area (TPSA) is 114 Å². The van der Waals surface area contributed by atoms with Gasteiger partial charge in [0, 0.05) is 34.8 Å². The quantitative estimate of drug-likeness (QED) is 0.548. The van der Waals surface area contributed by atoms with Gasteiger partial charge in [-0.15, -0.1) is 0 Å². The molecule has 1 aromatic heterocycles. The van der Waals surface area contributed by atoms with Crippen molar-refractivity contribution in [3.8, 4) is 0 Å². The van der Waals surface area contributed by atoms with Gasteiger partial charge in [-0.1, -0.05) is 18.2 Å². The predicted octanol–water partition coefficient (Wildman–Crippen LogP) is 2.77. The molecule has 0 radical (unpaired) electrons. The third-order valence-corrected chi connectivity index (χ3v) is 4.39. The third-order valence-electron chi connectivity index (χ3n) is 4.39.